The minimum atomic E-state index is -0.311. The van der Waals surface area contributed by atoms with E-state index in [1.54, 1.807) is 17.0 Å². The number of halogens is 1. The lowest BCUT2D eigenvalue weighted by Gasteiger charge is -2.12. The highest BCUT2D eigenvalue weighted by Gasteiger charge is 2.32. The van der Waals surface area contributed by atoms with Crippen molar-refractivity contribution in [1.82, 2.24) is 9.47 Å². The van der Waals surface area contributed by atoms with Crippen molar-refractivity contribution in [2.24, 2.45) is 4.99 Å². The second-order valence-electron chi connectivity index (χ2n) is 7.10. The summed E-state index contributed by atoms with van der Waals surface area (Å²) in [5.74, 6) is -0.384. The summed E-state index contributed by atoms with van der Waals surface area (Å²) in [4.78, 5) is 19.8. The molecule has 1 aromatic heterocycles. The van der Waals surface area contributed by atoms with E-state index in [0.29, 0.717) is 22.3 Å². The summed E-state index contributed by atoms with van der Waals surface area (Å²) in [6, 6.07) is 16.2. The number of rotatable bonds is 4. The molecule has 0 unspecified atom stereocenters. The Morgan fingerprint density at radius 2 is 1.83 bits per heavy atom. The fourth-order valence-corrected chi connectivity index (χ4v) is 4.30. The first-order valence-electron chi connectivity index (χ1n) is 9.77. The molecule has 30 heavy (non-hydrogen) atoms. The molecule has 0 saturated carbocycles. The maximum Gasteiger partial charge on any atom is 0.266 e. The highest BCUT2D eigenvalue weighted by Crippen LogP contribution is 2.34. The number of aromatic nitrogens is 1. The van der Waals surface area contributed by atoms with Gasteiger partial charge in [0.15, 0.2) is 5.17 Å². The van der Waals surface area contributed by atoms with Gasteiger partial charge in [0.05, 0.1) is 10.6 Å². The van der Waals surface area contributed by atoms with Gasteiger partial charge in [-0.3, -0.25) is 9.69 Å². The van der Waals surface area contributed by atoms with Crippen molar-refractivity contribution in [3.8, 4) is 5.69 Å². The topological polar surface area (TPSA) is 37.6 Å². The molecule has 1 amide bonds. The summed E-state index contributed by atoms with van der Waals surface area (Å²) in [5.41, 5.74) is 5.06. The van der Waals surface area contributed by atoms with Crippen LogP contribution in [0.3, 0.4) is 0 Å². The van der Waals surface area contributed by atoms with Gasteiger partial charge in [-0.15, -0.1) is 0 Å². The molecule has 0 spiro atoms. The number of aryl methyl sites for hydroxylation is 2. The van der Waals surface area contributed by atoms with E-state index in [1.165, 1.54) is 35.0 Å². The maximum atomic E-state index is 13.2. The van der Waals surface area contributed by atoms with Crippen LogP contribution in [0.4, 0.5) is 10.1 Å². The van der Waals surface area contributed by atoms with Gasteiger partial charge in [0.2, 0.25) is 0 Å². The molecule has 152 valence electrons. The zero-order chi connectivity index (χ0) is 21.3. The average Bonchev–Trinajstić information content (AvgIpc) is 3.30. The molecule has 6 heteroatoms. The van der Waals surface area contributed by atoms with Crippen LogP contribution in [0, 0.1) is 19.7 Å². The van der Waals surface area contributed by atoms with Gasteiger partial charge in [-0.1, -0.05) is 6.07 Å². The molecule has 2 aromatic carbocycles. The van der Waals surface area contributed by atoms with Gasteiger partial charge in [0.1, 0.15) is 5.82 Å². The molecule has 0 N–H and O–H groups in total. The van der Waals surface area contributed by atoms with E-state index in [4.69, 9.17) is 0 Å². The Bertz CT molecular complexity index is 1160. The SMILES string of the molecule is CCN1C(=O)/C(=C\c2cccn2-c2ccc(C)c(C)c2)SC1=Nc1ccc(F)cc1. The molecule has 4 rings (SSSR count). The number of hydrogen-bond donors (Lipinski definition) is 0. The third-order valence-electron chi connectivity index (χ3n) is 5.08. The Hall–Kier alpha value is -3.12. The third-order valence-corrected chi connectivity index (χ3v) is 6.09. The molecule has 1 aliphatic heterocycles. The van der Waals surface area contributed by atoms with E-state index in [1.807, 2.05) is 31.3 Å². The number of benzene rings is 2. The third kappa shape index (κ3) is 3.96. The van der Waals surface area contributed by atoms with Crippen molar-refractivity contribution in [3.05, 3.63) is 88.3 Å². The van der Waals surface area contributed by atoms with E-state index in [9.17, 15) is 9.18 Å². The number of thioether (sulfide) groups is 1. The zero-order valence-electron chi connectivity index (χ0n) is 17.1. The average molecular weight is 420 g/mol. The van der Waals surface area contributed by atoms with Gasteiger partial charge in [0, 0.05) is 24.1 Å². The minimum Gasteiger partial charge on any atom is -0.317 e. The molecule has 1 aliphatic rings. The van der Waals surface area contributed by atoms with Crippen molar-refractivity contribution in [2.45, 2.75) is 20.8 Å². The number of hydrogen-bond acceptors (Lipinski definition) is 3. The van der Waals surface area contributed by atoms with Crippen LogP contribution in [-0.4, -0.2) is 27.1 Å². The first kappa shape index (κ1) is 20.2. The lowest BCUT2D eigenvalue weighted by atomic mass is 10.1. The van der Waals surface area contributed by atoms with Gasteiger partial charge >= 0.3 is 0 Å². The Morgan fingerprint density at radius 1 is 1.07 bits per heavy atom. The van der Waals surface area contributed by atoms with E-state index < -0.39 is 0 Å². The van der Waals surface area contributed by atoms with Gasteiger partial charge in [0.25, 0.3) is 5.91 Å². The zero-order valence-corrected chi connectivity index (χ0v) is 17.9. The van der Waals surface area contributed by atoms with E-state index in [-0.39, 0.29) is 11.7 Å². The second-order valence-corrected chi connectivity index (χ2v) is 8.11. The number of amides is 1. The first-order valence-corrected chi connectivity index (χ1v) is 10.6. The maximum absolute atomic E-state index is 13.2. The van der Waals surface area contributed by atoms with Crippen LogP contribution in [0.15, 0.2) is 70.7 Å². The highest BCUT2D eigenvalue weighted by atomic mass is 32.2. The van der Waals surface area contributed by atoms with Crippen LogP contribution in [0.2, 0.25) is 0 Å². The molecular weight excluding hydrogens is 397 g/mol. The summed E-state index contributed by atoms with van der Waals surface area (Å²) < 4.78 is 15.2. The number of amidine groups is 1. The number of nitrogens with zero attached hydrogens (tertiary/aromatic N) is 3. The fraction of sp³-hybridized carbons (Fsp3) is 0.167. The Kier molecular flexibility index (Phi) is 5.59. The summed E-state index contributed by atoms with van der Waals surface area (Å²) in [6.45, 7) is 6.61. The van der Waals surface area contributed by atoms with Crippen molar-refractivity contribution >= 4 is 34.6 Å². The lowest BCUT2D eigenvalue weighted by Crippen LogP contribution is -2.28. The molecule has 0 radical (unpaired) electrons. The summed E-state index contributed by atoms with van der Waals surface area (Å²) in [6.07, 6.45) is 3.89. The molecule has 0 atom stereocenters. The number of likely N-dealkylation sites (N-methyl/N-ethyl adjacent to an activating group) is 1. The van der Waals surface area contributed by atoms with Crippen molar-refractivity contribution in [2.75, 3.05) is 6.54 Å². The summed E-state index contributed by atoms with van der Waals surface area (Å²) >= 11 is 1.34. The normalized spacial score (nSPS) is 16.8. The second kappa shape index (κ2) is 8.32. The molecule has 0 bridgehead atoms. The molecule has 3 aromatic rings. The summed E-state index contributed by atoms with van der Waals surface area (Å²) in [7, 11) is 0. The molecule has 2 heterocycles. The van der Waals surface area contributed by atoms with Crippen LogP contribution >= 0.6 is 11.8 Å². The van der Waals surface area contributed by atoms with Crippen LogP contribution in [-0.2, 0) is 4.79 Å². The van der Waals surface area contributed by atoms with Gasteiger partial charge in [-0.25, -0.2) is 9.38 Å². The fourth-order valence-electron chi connectivity index (χ4n) is 3.25. The molecular formula is C24H22FN3OS. The van der Waals surface area contributed by atoms with Crippen molar-refractivity contribution in [1.29, 1.82) is 0 Å². The predicted octanol–water partition coefficient (Wildman–Crippen LogP) is 5.86. The Morgan fingerprint density at radius 3 is 2.53 bits per heavy atom. The van der Waals surface area contributed by atoms with Crippen LogP contribution in [0.5, 0.6) is 0 Å². The quantitative estimate of drug-likeness (QED) is 0.497. The molecule has 4 nitrogen and oxygen atoms in total. The van der Waals surface area contributed by atoms with E-state index >= 15 is 0 Å². The largest absolute Gasteiger partial charge is 0.317 e. The number of aliphatic imine (C=N–C) groups is 1. The van der Waals surface area contributed by atoms with Gasteiger partial charge in [-0.2, -0.15) is 0 Å². The smallest absolute Gasteiger partial charge is 0.266 e. The Labute approximate surface area is 179 Å². The van der Waals surface area contributed by atoms with Crippen LogP contribution in [0.1, 0.15) is 23.7 Å². The first-order chi connectivity index (χ1) is 14.5. The van der Waals surface area contributed by atoms with Crippen LogP contribution in [0.25, 0.3) is 11.8 Å². The van der Waals surface area contributed by atoms with E-state index in [2.05, 4.69) is 41.6 Å². The van der Waals surface area contributed by atoms with E-state index in [0.717, 1.165) is 11.4 Å². The van der Waals surface area contributed by atoms with Gasteiger partial charge < -0.3 is 4.57 Å². The summed E-state index contributed by atoms with van der Waals surface area (Å²) in [5, 5.41) is 0.602. The van der Waals surface area contributed by atoms with Crippen molar-refractivity contribution in [3.63, 3.8) is 0 Å². The minimum absolute atomic E-state index is 0.0730. The number of carbonyl (C=O) groups is 1. The lowest BCUT2D eigenvalue weighted by molar-refractivity contribution is -0.122. The number of carbonyl (C=O) groups excluding carboxylic acids is 1. The standard InChI is InChI=1S/C24H22FN3OS/c1-4-27-23(29)22(30-24(27)26-19-10-8-18(25)9-11-19)15-20-6-5-13-28(20)21-12-7-16(2)17(3)14-21/h5-15H,4H2,1-3H3/b22-15+,26-24?. The van der Waals surface area contributed by atoms with Crippen molar-refractivity contribution < 1.29 is 9.18 Å². The predicted molar refractivity (Wildman–Crippen MR) is 122 cm³/mol. The molecule has 1 saturated heterocycles. The Balaban J connectivity index is 1.68. The monoisotopic (exact) mass is 419 g/mol. The highest BCUT2D eigenvalue weighted by molar-refractivity contribution is 8.18. The molecule has 1 fully saturated rings. The van der Waals surface area contributed by atoms with Gasteiger partial charge in [-0.05, 0) is 98.3 Å². The van der Waals surface area contributed by atoms with Crippen LogP contribution < -0.4 is 0 Å². The molecule has 0 aliphatic carbocycles.